The summed E-state index contributed by atoms with van der Waals surface area (Å²) in [4.78, 5) is 0. The van der Waals surface area contributed by atoms with E-state index in [1.54, 1.807) is 0 Å². The van der Waals surface area contributed by atoms with Gasteiger partial charge in [-0.1, -0.05) is 29.8 Å². The lowest BCUT2D eigenvalue weighted by Crippen LogP contribution is -2.37. The molecule has 1 aromatic rings. The second-order valence-corrected chi connectivity index (χ2v) is 5.82. The third kappa shape index (κ3) is 3.49. The van der Waals surface area contributed by atoms with Gasteiger partial charge in [0, 0.05) is 11.0 Å². The minimum absolute atomic E-state index is 0.322. The van der Waals surface area contributed by atoms with Gasteiger partial charge in [0.05, 0.1) is 0 Å². The van der Waals surface area contributed by atoms with E-state index in [2.05, 4.69) is 35.8 Å². The highest BCUT2D eigenvalue weighted by Gasteiger charge is 2.20. The van der Waals surface area contributed by atoms with Crippen LogP contribution >= 0.6 is 15.9 Å². The first-order valence-electron chi connectivity index (χ1n) is 5.54. The van der Waals surface area contributed by atoms with Gasteiger partial charge >= 0.3 is 0 Å². The van der Waals surface area contributed by atoms with Crippen LogP contribution in [-0.4, -0.2) is 12.1 Å². The maximum absolute atomic E-state index is 5.95. The molecule has 1 rings (SSSR count). The first-order chi connectivity index (χ1) is 7.35. The molecule has 0 aliphatic carbocycles. The molecule has 2 N–H and O–H groups in total. The minimum atomic E-state index is -0.322. The van der Waals surface area contributed by atoms with E-state index in [1.807, 2.05) is 26.0 Å². The predicted octanol–water partition coefficient (Wildman–Crippen LogP) is 3.69. The van der Waals surface area contributed by atoms with Gasteiger partial charge in [-0.05, 0) is 43.5 Å². The zero-order valence-corrected chi connectivity index (χ0v) is 12.0. The Morgan fingerprint density at radius 2 is 2.00 bits per heavy atom. The third-order valence-electron chi connectivity index (χ3n) is 2.47. The van der Waals surface area contributed by atoms with Crippen molar-refractivity contribution >= 4 is 15.9 Å². The van der Waals surface area contributed by atoms with E-state index in [4.69, 9.17) is 10.5 Å². The molecule has 0 aliphatic rings. The molecule has 0 heterocycles. The van der Waals surface area contributed by atoms with Crippen molar-refractivity contribution in [2.24, 2.45) is 5.73 Å². The fraction of sp³-hybridized carbons (Fsp3) is 0.538. The van der Waals surface area contributed by atoms with Crippen LogP contribution in [0.2, 0.25) is 0 Å². The number of rotatable bonds is 4. The fourth-order valence-electron chi connectivity index (χ4n) is 1.40. The van der Waals surface area contributed by atoms with Crippen molar-refractivity contribution in [1.82, 2.24) is 0 Å². The quantitative estimate of drug-likeness (QED) is 0.916. The van der Waals surface area contributed by atoms with Crippen molar-refractivity contribution in [2.75, 3.05) is 6.54 Å². The zero-order chi connectivity index (χ0) is 12.3. The van der Waals surface area contributed by atoms with E-state index >= 15 is 0 Å². The van der Waals surface area contributed by atoms with E-state index < -0.39 is 0 Å². The Balaban J connectivity index is 3.04. The highest BCUT2D eigenvalue weighted by Crippen LogP contribution is 2.31. The van der Waals surface area contributed by atoms with Gasteiger partial charge in [0.15, 0.2) is 0 Å². The minimum Gasteiger partial charge on any atom is -0.486 e. The first kappa shape index (κ1) is 13.5. The van der Waals surface area contributed by atoms with Crippen LogP contribution in [0.4, 0.5) is 0 Å². The van der Waals surface area contributed by atoms with Crippen LogP contribution in [0.1, 0.15) is 39.2 Å². The summed E-state index contributed by atoms with van der Waals surface area (Å²) in [5, 5.41) is 0. The van der Waals surface area contributed by atoms with Gasteiger partial charge in [0.2, 0.25) is 0 Å². The van der Waals surface area contributed by atoms with Crippen molar-refractivity contribution < 1.29 is 4.74 Å². The molecule has 0 aliphatic heterocycles. The summed E-state index contributed by atoms with van der Waals surface area (Å²) in [5.74, 6) is 1.36. The smallest absolute Gasteiger partial charge is 0.123 e. The lowest BCUT2D eigenvalue weighted by Gasteiger charge is -2.27. The van der Waals surface area contributed by atoms with Gasteiger partial charge < -0.3 is 10.5 Å². The molecule has 0 bridgehead atoms. The molecule has 0 saturated heterocycles. The number of nitrogens with two attached hydrogens (primary N) is 1. The van der Waals surface area contributed by atoms with Gasteiger partial charge in [0.1, 0.15) is 11.4 Å². The van der Waals surface area contributed by atoms with Crippen molar-refractivity contribution in [3.8, 4) is 5.75 Å². The SMILES string of the molecule is CC(C)c1cc(Br)ccc1OC(C)(C)CN. The highest BCUT2D eigenvalue weighted by atomic mass is 79.9. The van der Waals surface area contributed by atoms with Crippen LogP contribution in [0.5, 0.6) is 5.75 Å². The van der Waals surface area contributed by atoms with E-state index in [0.29, 0.717) is 12.5 Å². The number of hydrogen-bond donors (Lipinski definition) is 1. The van der Waals surface area contributed by atoms with Crippen LogP contribution in [0.3, 0.4) is 0 Å². The molecule has 0 fully saturated rings. The second-order valence-electron chi connectivity index (χ2n) is 4.90. The molecule has 0 amide bonds. The summed E-state index contributed by atoms with van der Waals surface area (Å²) in [6.45, 7) is 8.81. The summed E-state index contributed by atoms with van der Waals surface area (Å²) >= 11 is 3.48. The second kappa shape index (κ2) is 5.19. The fourth-order valence-corrected chi connectivity index (χ4v) is 1.78. The summed E-state index contributed by atoms with van der Waals surface area (Å²) in [7, 11) is 0. The van der Waals surface area contributed by atoms with E-state index in [-0.39, 0.29) is 5.60 Å². The molecule has 3 heteroatoms. The maximum Gasteiger partial charge on any atom is 0.123 e. The van der Waals surface area contributed by atoms with Crippen LogP contribution in [0, 0.1) is 0 Å². The molecule has 2 nitrogen and oxygen atoms in total. The van der Waals surface area contributed by atoms with Crippen molar-refractivity contribution in [1.29, 1.82) is 0 Å². The molecule has 0 radical (unpaired) electrons. The number of ether oxygens (including phenoxy) is 1. The Bertz CT molecular complexity index is 361. The lowest BCUT2D eigenvalue weighted by atomic mass is 10.0. The predicted molar refractivity (Wildman–Crippen MR) is 72.0 cm³/mol. The van der Waals surface area contributed by atoms with Crippen LogP contribution < -0.4 is 10.5 Å². The summed E-state index contributed by atoms with van der Waals surface area (Å²) < 4.78 is 7.03. The molecule has 0 unspecified atom stereocenters. The Hall–Kier alpha value is -0.540. The van der Waals surface area contributed by atoms with E-state index in [0.717, 1.165) is 10.2 Å². The third-order valence-corrected chi connectivity index (χ3v) is 2.96. The average Bonchev–Trinajstić information content (AvgIpc) is 2.20. The standard InChI is InChI=1S/C13H20BrNO/c1-9(2)11-7-10(14)5-6-12(11)16-13(3,4)8-15/h5-7,9H,8,15H2,1-4H3. The average molecular weight is 286 g/mol. The van der Waals surface area contributed by atoms with Crippen LogP contribution in [0.15, 0.2) is 22.7 Å². The van der Waals surface area contributed by atoms with Gasteiger partial charge in [0.25, 0.3) is 0 Å². The molecular weight excluding hydrogens is 266 g/mol. The largest absolute Gasteiger partial charge is 0.486 e. The highest BCUT2D eigenvalue weighted by molar-refractivity contribution is 9.10. The molecule has 0 saturated carbocycles. The molecular formula is C13H20BrNO. The van der Waals surface area contributed by atoms with Crippen molar-refractivity contribution in [3.63, 3.8) is 0 Å². The Labute approximate surface area is 106 Å². The first-order valence-corrected chi connectivity index (χ1v) is 6.33. The van der Waals surface area contributed by atoms with Gasteiger partial charge in [-0.2, -0.15) is 0 Å². The zero-order valence-electron chi connectivity index (χ0n) is 10.4. The number of hydrogen-bond acceptors (Lipinski definition) is 2. The summed E-state index contributed by atoms with van der Waals surface area (Å²) in [5.41, 5.74) is 6.56. The Morgan fingerprint density at radius 1 is 1.38 bits per heavy atom. The van der Waals surface area contributed by atoms with Crippen LogP contribution in [0.25, 0.3) is 0 Å². The Morgan fingerprint density at radius 3 is 2.50 bits per heavy atom. The van der Waals surface area contributed by atoms with Gasteiger partial charge in [-0.25, -0.2) is 0 Å². The maximum atomic E-state index is 5.95. The molecule has 1 aromatic carbocycles. The van der Waals surface area contributed by atoms with E-state index in [1.165, 1.54) is 5.56 Å². The molecule has 0 atom stereocenters. The van der Waals surface area contributed by atoms with Crippen molar-refractivity contribution in [3.05, 3.63) is 28.2 Å². The van der Waals surface area contributed by atoms with Gasteiger partial charge in [-0.3, -0.25) is 0 Å². The summed E-state index contributed by atoms with van der Waals surface area (Å²) in [6, 6.07) is 6.09. The molecule has 90 valence electrons. The monoisotopic (exact) mass is 285 g/mol. The molecule has 16 heavy (non-hydrogen) atoms. The van der Waals surface area contributed by atoms with Crippen LogP contribution in [-0.2, 0) is 0 Å². The van der Waals surface area contributed by atoms with E-state index in [9.17, 15) is 0 Å². The Kier molecular flexibility index (Phi) is 4.39. The van der Waals surface area contributed by atoms with Gasteiger partial charge in [-0.15, -0.1) is 0 Å². The molecule has 0 aromatic heterocycles. The number of benzene rings is 1. The normalized spacial score (nSPS) is 11.9. The molecule has 0 spiro atoms. The topological polar surface area (TPSA) is 35.2 Å². The lowest BCUT2D eigenvalue weighted by molar-refractivity contribution is 0.117. The van der Waals surface area contributed by atoms with Crippen molar-refractivity contribution in [2.45, 2.75) is 39.2 Å². The summed E-state index contributed by atoms with van der Waals surface area (Å²) in [6.07, 6.45) is 0. The number of halogens is 1.